The van der Waals surface area contributed by atoms with Crippen LogP contribution in [-0.4, -0.2) is 31.5 Å². The topological polar surface area (TPSA) is 75.4 Å². The molecule has 1 aliphatic heterocycles. The Kier molecular flexibility index (Phi) is 4.74. The van der Waals surface area contributed by atoms with Crippen molar-refractivity contribution in [1.29, 1.82) is 0 Å². The molecule has 0 bridgehead atoms. The van der Waals surface area contributed by atoms with E-state index in [2.05, 4.69) is 4.83 Å². The predicted molar refractivity (Wildman–Crippen MR) is 82.8 cm³/mol. The average molecular weight is 313 g/mol. The first kappa shape index (κ1) is 15.4. The number of aryl methyl sites for hydroxylation is 1. The Bertz CT molecular complexity index is 608. The van der Waals surface area contributed by atoms with Gasteiger partial charge in [0.2, 0.25) is 0 Å². The molecule has 0 aromatic heterocycles. The summed E-state index contributed by atoms with van der Waals surface area (Å²) in [6.07, 6.45) is 3.18. The Morgan fingerprint density at radius 2 is 1.95 bits per heavy atom. The van der Waals surface area contributed by atoms with Crippen LogP contribution in [0.25, 0.3) is 0 Å². The lowest BCUT2D eigenvalue weighted by Gasteiger charge is -2.26. The van der Waals surface area contributed by atoms with Gasteiger partial charge in [0, 0.05) is 18.7 Å². The number of piperidine rings is 1. The Hall–Kier alpha value is -1.02. The van der Waals surface area contributed by atoms with E-state index in [9.17, 15) is 8.42 Å². The van der Waals surface area contributed by atoms with Crippen LogP contribution in [0.4, 0.5) is 0 Å². The van der Waals surface area contributed by atoms with Gasteiger partial charge in [-0.1, -0.05) is 24.7 Å². The van der Waals surface area contributed by atoms with Crippen LogP contribution in [-0.2, 0) is 10.0 Å². The monoisotopic (exact) mass is 313 g/mol. The molecule has 0 atom stereocenters. The maximum absolute atomic E-state index is 12.3. The molecule has 0 radical (unpaired) electrons. The Morgan fingerprint density at radius 3 is 2.50 bits per heavy atom. The van der Waals surface area contributed by atoms with Crippen molar-refractivity contribution in [3.05, 3.63) is 29.3 Å². The van der Waals surface area contributed by atoms with Gasteiger partial charge >= 0.3 is 0 Å². The standard InChI is InChI=1S/C13H19N3O2S2/c1-10-9-11(5-6-12(10)13(14)19)20(17,18)15-16-7-3-2-4-8-16/h5-6,9,15H,2-4,7-8H2,1H3,(H2,14,19). The van der Waals surface area contributed by atoms with E-state index in [0.717, 1.165) is 37.9 Å². The highest BCUT2D eigenvalue weighted by Gasteiger charge is 2.20. The van der Waals surface area contributed by atoms with Gasteiger partial charge in [0.05, 0.1) is 4.90 Å². The summed E-state index contributed by atoms with van der Waals surface area (Å²) < 4.78 is 24.6. The van der Waals surface area contributed by atoms with Crippen molar-refractivity contribution in [2.75, 3.05) is 13.1 Å². The van der Waals surface area contributed by atoms with E-state index in [4.69, 9.17) is 18.0 Å². The fourth-order valence-electron chi connectivity index (χ4n) is 2.29. The number of sulfonamides is 1. The highest BCUT2D eigenvalue weighted by Crippen LogP contribution is 2.16. The molecule has 0 amide bonds. The highest BCUT2D eigenvalue weighted by atomic mass is 32.2. The number of hydrogen-bond acceptors (Lipinski definition) is 4. The minimum Gasteiger partial charge on any atom is -0.389 e. The third-order valence-electron chi connectivity index (χ3n) is 3.38. The zero-order valence-corrected chi connectivity index (χ0v) is 13.1. The smallest absolute Gasteiger partial charge is 0.253 e. The van der Waals surface area contributed by atoms with Gasteiger partial charge in [-0.05, 0) is 37.5 Å². The molecule has 2 rings (SSSR count). The molecule has 0 aliphatic carbocycles. The van der Waals surface area contributed by atoms with Crippen LogP contribution in [0, 0.1) is 6.92 Å². The second-order valence-electron chi connectivity index (χ2n) is 4.98. The minimum absolute atomic E-state index is 0.237. The van der Waals surface area contributed by atoms with Gasteiger partial charge in [-0.2, -0.15) is 0 Å². The van der Waals surface area contributed by atoms with Gasteiger partial charge in [0.25, 0.3) is 10.0 Å². The van der Waals surface area contributed by atoms with E-state index in [1.165, 1.54) is 6.07 Å². The lowest BCUT2D eigenvalue weighted by atomic mass is 10.1. The molecule has 1 aromatic carbocycles. The number of nitrogens with two attached hydrogens (primary N) is 1. The van der Waals surface area contributed by atoms with Gasteiger partial charge < -0.3 is 5.73 Å². The summed E-state index contributed by atoms with van der Waals surface area (Å²) in [6, 6.07) is 4.79. The van der Waals surface area contributed by atoms with E-state index in [-0.39, 0.29) is 9.88 Å². The molecule has 1 aromatic rings. The number of nitrogens with zero attached hydrogens (tertiary/aromatic N) is 1. The minimum atomic E-state index is -3.53. The summed E-state index contributed by atoms with van der Waals surface area (Å²) in [7, 11) is -3.53. The third-order valence-corrected chi connectivity index (χ3v) is 4.97. The van der Waals surface area contributed by atoms with Crippen molar-refractivity contribution in [3.8, 4) is 0 Å². The summed E-state index contributed by atoms with van der Waals surface area (Å²) in [5.74, 6) is 0. The number of nitrogens with one attached hydrogen (secondary N) is 1. The van der Waals surface area contributed by atoms with E-state index < -0.39 is 10.0 Å². The fourth-order valence-corrected chi connectivity index (χ4v) is 3.72. The predicted octanol–water partition coefficient (Wildman–Crippen LogP) is 1.31. The normalized spacial score (nSPS) is 17.1. The van der Waals surface area contributed by atoms with Crippen LogP contribution < -0.4 is 10.6 Å². The fraction of sp³-hybridized carbons (Fsp3) is 0.462. The second kappa shape index (κ2) is 6.17. The molecule has 0 spiro atoms. The molecule has 5 nitrogen and oxygen atoms in total. The lowest BCUT2D eigenvalue weighted by Crippen LogP contribution is -2.44. The van der Waals surface area contributed by atoms with Crippen molar-refractivity contribution in [3.63, 3.8) is 0 Å². The molecule has 0 unspecified atom stereocenters. The van der Waals surface area contributed by atoms with E-state index >= 15 is 0 Å². The number of thiocarbonyl (C=S) groups is 1. The summed E-state index contributed by atoms with van der Waals surface area (Å²) in [5.41, 5.74) is 7.05. The summed E-state index contributed by atoms with van der Waals surface area (Å²) in [6.45, 7) is 3.31. The zero-order chi connectivity index (χ0) is 14.8. The van der Waals surface area contributed by atoms with Crippen LogP contribution in [0.15, 0.2) is 23.1 Å². The molecule has 7 heteroatoms. The van der Waals surface area contributed by atoms with Gasteiger partial charge in [0.15, 0.2) is 0 Å². The average Bonchev–Trinajstić information content (AvgIpc) is 2.38. The van der Waals surface area contributed by atoms with Crippen LogP contribution in [0.2, 0.25) is 0 Å². The molecule has 110 valence electrons. The Labute approximate surface area is 125 Å². The maximum atomic E-state index is 12.3. The van der Waals surface area contributed by atoms with Crippen molar-refractivity contribution < 1.29 is 8.42 Å². The van der Waals surface area contributed by atoms with Gasteiger partial charge in [-0.15, -0.1) is 4.83 Å². The first-order valence-electron chi connectivity index (χ1n) is 6.58. The van der Waals surface area contributed by atoms with Crippen molar-refractivity contribution in [2.45, 2.75) is 31.1 Å². The largest absolute Gasteiger partial charge is 0.389 e. The van der Waals surface area contributed by atoms with Gasteiger partial charge in [0.1, 0.15) is 4.99 Å². The third kappa shape index (κ3) is 3.54. The quantitative estimate of drug-likeness (QED) is 0.820. The van der Waals surface area contributed by atoms with Crippen LogP contribution >= 0.6 is 12.2 Å². The molecule has 1 saturated heterocycles. The summed E-state index contributed by atoms with van der Waals surface area (Å²) in [5, 5.41) is 1.76. The number of hydrazine groups is 1. The van der Waals surface area contributed by atoms with E-state index in [0.29, 0.717) is 5.56 Å². The van der Waals surface area contributed by atoms with Gasteiger partial charge in [-0.25, -0.2) is 13.4 Å². The molecule has 1 fully saturated rings. The first-order valence-corrected chi connectivity index (χ1v) is 8.47. The molecular weight excluding hydrogens is 294 g/mol. The first-order chi connectivity index (χ1) is 9.40. The molecule has 1 aliphatic rings. The van der Waals surface area contributed by atoms with Gasteiger partial charge in [-0.3, -0.25) is 0 Å². The van der Waals surface area contributed by atoms with Crippen molar-refractivity contribution in [1.82, 2.24) is 9.84 Å². The Balaban J connectivity index is 2.20. The maximum Gasteiger partial charge on any atom is 0.253 e. The molecule has 0 saturated carbocycles. The summed E-state index contributed by atoms with van der Waals surface area (Å²) >= 11 is 4.92. The van der Waals surface area contributed by atoms with E-state index in [1.54, 1.807) is 24.1 Å². The Morgan fingerprint density at radius 1 is 1.30 bits per heavy atom. The molecule has 3 N–H and O–H groups in total. The van der Waals surface area contributed by atoms with E-state index in [1.807, 2.05) is 0 Å². The lowest BCUT2D eigenvalue weighted by molar-refractivity contribution is 0.200. The number of benzene rings is 1. The van der Waals surface area contributed by atoms with Crippen LogP contribution in [0.1, 0.15) is 30.4 Å². The van der Waals surface area contributed by atoms with Crippen LogP contribution in [0.5, 0.6) is 0 Å². The second-order valence-corrected chi connectivity index (χ2v) is 7.08. The van der Waals surface area contributed by atoms with Crippen molar-refractivity contribution in [2.24, 2.45) is 5.73 Å². The molecular formula is C13H19N3O2S2. The summed E-state index contributed by atoms with van der Waals surface area (Å²) in [4.78, 5) is 3.14. The number of hydrogen-bond donors (Lipinski definition) is 2. The van der Waals surface area contributed by atoms with Crippen LogP contribution in [0.3, 0.4) is 0 Å². The molecule has 1 heterocycles. The highest BCUT2D eigenvalue weighted by molar-refractivity contribution is 7.89. The SMILES string of the molecule is Cc1cc(S(=O)(=O)NN2CCCCC2)ccc1C(N)=S. The molecule has 20 heavy (non-hydrogen) atoms. The zero-order valence-electron chi connectivity index (χ0n) is 11.4. The number of rotatable bonds is 4. The van der Waals surface area contributed by atoms with Crippen molar-refractivity contribution >= 4 is 27.2 Å².